The van der Waals surface area contributed by atoms with Crippen molar-refractivity contribution in [1.82, 2.24) is 0 Å². The molecular formula is C23H26O6. The normalized spacial score (nSPS) is 15.7. The van der Waals surface area contributed by atoms with Gasteiger partial charge in [-0.05, 0) is 55.7 Å². The quantitative estimate of drug-likeness (QED) is 0.354. The number of ether oxygens (including phenoxy) is 4. The molecule has 0 bridgehead atoms. The van der Waals surface area contributed by atoms with Crippen LogP contribution in [0.25, 0.3) is 0 Å². The van der Waals surface area contributed by atoms with Crippen LogP contribution in [-0.2, 0) is 9.47 Å². The van der Waals surface area contributed by atoms with Crippen LogP contribution in [0.2, 0.25) is 0 Å². The zero-order valence-corrected chi connectivity index (χ0v) is 16.6. The number of benzene rings is 2. The molecule has 1 heterocycles. The third-order valence-electron chi connectivity index (χ3n) is 4.54. The predicted molar refractivity (Wildman–Crippen MR) is 108 cm³/mol. The standard InChI is InChI=1S/C23H26O6/c1-2-3-12-26-19-9-4-8-18(14-19)23(25)29-20-10-5-7-17(15-20)22(24)28-16-21-11-6-13-27-21/h4-5,7-10,14-15,21H,2-3,6,11-13,16H2,1H3. The first-order valence-electron chi connectivity index (χ1n) is 9.99. The smallest absolute Gasteiger partial charge is 0.343 e. The lowest BCUT2D eigenvalue weighted by Gasteiger charge is -2.11. The maximum atomic E-state index is 12.5. The number of unbranched alkanes of at least 4 members (excludes halogenated alkanes) is 1. The highest BCUT2D eigenvalue weighted by Gasteiger charge is 2.18. The molecule has 3 rings (SSSR count). The van der Waals surface area contributed by atoms with E-state index in [-0.39, 0.29) is 18.5 Å². The van der Waals surface area contributed by atoms with Crippen LogP contribution >= 0.6 is 0 Å². The van der Waals surface area contributed by atoms with E-state index in [0.29, 0.717) is 30.1 Å². The van der Waals surface area contributed by atoms with Gasteiger partial charge in [0.25, 0.3) is 0 Å². The van der Waals surface area contributed by atoms with Gasteiger partial charge in [-0.1, -0.05) is 25.5 Å². The van der Waals surface area contributed by atoms with E-state index in [1.54, 1.807) is 42.5 Å². The Kier molecular flexibility index (Phi) is 7.64. The Morgan fingerprint density at radius 2 is 1.76 bits per heavy atom. The molecule has 0 spiro atoms. The third kappa shape index (κ3) is 6.32. The molecule has 2 aromatic carbocycles. The minimum absolute atomic E-state index is 0.0354. The fraction of sp³-hybridized carbons (Fsp3) is 0.391. The predicted octanol–water partition coefficient (Wildman–Crippen LogP) is 4.42. The molecule has 0 aromatic heterocycles. The summed E-state index contributed by atoms with van der Waals surface area (Å²) in [7, 11) is 0. The molecule has 1 aliphatic heterocycles. The lowest BCUT2D eigenvalue weighted by atomic mass is 10.2. The zero-order valence-electron chi connectivity index (χ0n) is 16.6. The lowest BCUT2D eigenvalue weighted by molar-refractivity contribution is 0.0161. The van der Waals surface area contributed by atoms with Gasteiger partial charge in [0, 0.05) is 6.61 Å². The second-order valence-corrected chi connectivity index (χ2v) is 6.88. The third-order valence-corrected chi connectivity index (χ3v) is 4.54. The van der Waals surface area contributed by atoms with E-state index in [4.69, 9.17) is 18.9 Å². The summed E-state index contributed by atoms with van der Waals surface area (Å²) in [5.74, 6) is -0.0845. The first kappa shape index (κ1) is 20.9. The van der Waals surface area contributed by atoms with Crippen molar-refractivity contribution >= 4 is 11.9 Å². The van der Waals surface area contributed by atoms with Crippen molar-refractivity contribution in [2.24, 2.45) is 0 Å². The summed E-state index contributed by atoms with van der Waals surface area (Å²) >= 11 is 0. The Morgan fingerprint density at radius 3 is 2.48 bits per heavy atom. The molecule has 0 amide bonds. The average Bonchev–Trinajstić information content (AvgIpc) is 3.26. The van der Waals surface area contributed by atoms with Gasteiger partial charge in [0.15, 0.2) is 0 Å². The number of rotatable bonds is 9. The van der Waals surface area contributed by atoms with Gasteiger partial charge >= 0.3 is 11.9 Å². The maximum absolute atomic E-state index is 12.5. The zero-order chi connectivity index (χ0) is 20.5. The van der Waals surface area contributed by atoms with E-state index in [9.17, 15) is 9.59 Å². The van der Waals surface area contributed by atoms with Crippen LogP contribution in [0.5, 0.6) is 11.5 Å². The number of hydrogen-bond acceptors (Lipinski definition) is 6. The van der Waals surface area contributed by atoms with Crippen molar-refractivity contribution in [2.45, 2.75) is 38.7 Å². The van der Waals surface area contributed by atoms with E-state index in [0.717, 1.165) is 25.7 Å². The molecule has 1 saturated heterocycles. The van der Waals surface area contributed by atoms with Crippen molar-refractivity contribution in [2.75, 3.05) is 19.8 Å². The van der Waals surface area contributed by atoms with Gasteiger partial charge in [-0.25, -0.2) is 9.59 Å². The van der Waals surface area contributed by atoms with Crippen molar-refractivity contribution in [3.63, 3.8) is 0 Å². The molecule has 29 heavy (non-hydrogen) atoms. The summed E-state index contributed by atoms with van der Waals surface area (Å²) in [6.45, 7) is 3.63. The second-order valence-electron chi connectivity index (χ2n) is 6.88. The van der Waals surface area contributed by atoms with Crippen LogP contribution in [0, 0.1) is 0 Å². The minimum atomic E-state index is -0.518. The first-order chi connectivity index (χ1) is 14.2. The maximum Gasteiger partial charge on any atom is 0.343 e. The molecule has 0 N–H and O–H groups in total. The van der Waals surface area contributed by atoms with Gasteiger partial charge in [0.1, 0.15) is 18.1 Å². The summed E-state index contributed by atoms with van der Waals surface area (Å²) in [6, 6.07) is 13.3. The molecular weight excluding hydrogens is 372 g/mol. The molecule has 0 radical (unpaired) electrons. The molecule has 1 aliphatic rings. The monoisotopic (exact) mass is 398 g/mol. The first-order valence-corrected chi connectivity index (χ1v) is 9.99. The molecule has 0 aliphatic carbocycles. The van der Waals surface area contributed by atoms with Crippen molar-refractivity contribution < 1.29 is 28.5 Å². The van der Waals surface area contributed by atoms with Gasteiger partial charge in [0.05, 0.1) is 23.8 Å². The van der Waals surface area contributed by atoms with Gasteiger partial charge in [-0.3, -0.25) is 0 Å². The summed E-state index contributed by atoms with van der Waals surface area (Å²) in [5.41, 5.74) is 0.704. The second kappa shape index (κ2) is 10.6. The van der Waals surface area contributed by atoms with Gasteiger partial charge in [0.2, 0.25) is 0 Å². The highest BCUT2D eigenvalue weighted by Crippen LogP contribution is 2.19. The summed E-state index contributed by atoms with van der Waals surface area (Å²) in [6.07, 6.45) is 3.83. The summed E-state index contributed by atoms with van der Waals surface area (Å²) in [4.78, 5) is 24.7. The van der Waals surface area contributed by atoms with Gasteiger partial charge in [-0.15, -0.1) is 0 Å². The van der Waals surface area contributed by atoms with E-state index in [1.165, 1.54) is 6.07 Å². The fourth-order valence-electron chi connectivity index (χ4n) is 2.93. The molecule has 2 aromatic rings. The van der Waals surface area contributed by atoms with Crippen molar-refractivity contribution in [3.8, 4) is 11.5 Å². The SMILES string of the molecule is CCCCOc1cccc(C(=O)Oc2cccc(C(=O)OCC3CCCO3)c2)c1. The molecule has 1 fully saturated rings. The Labute approximate surface area is 170 Å². The Balaban J connectivity index is 1.58. The Hall–Kier alpha value is -2.86. The van der Waals surface area contributed by atoms with Gasteiger partial charge < -0.3 is 18.9 Å². The highest BCUT2D eigenvalue weighted by molar-refractivity contribution is 5.93. The average molecular weight is 398 g/mol. The molecule has 6 nitrogen and oxygen atoms in total. The largest absolute Gasteiger partial charge is 0.494 e. The van der Waals surface area contributed by atoms with Crippen LogP contribution in [0.3, 0.4) is 0 Å². The van der Waals surface area contributed by atoms with Crippen molar-refractivity contribution in [3.05, 3.63) is 59.7 Å². The number of esters is 2. The van der Waals surface area contributed by atoms with Crippen LogP contribution in [0.4, 0.5) is 0 Å². The van der Waals surface area contributed by atoms with Gasteiger partial charge in [-0.2, -0.15) is 0 Å². The molecule has 154 valence electrons. The van der Waals surface area contributed by atoms with E-state index < -0.39 is 11.9 Å². The minimum Gasteiger partial charge on any atom is -0.494 e. The summed E-state index contributed by atoms with van der Waals surface area (Å²) in [5, 5.41) is 0. The van der Waals surface area contributed by atoms with Crippen LogP contribution in [0.15, 0.2) is 48.5 Å². The Bertz CT molecular complexity index is 826. The topological polar surface area (TPSA) is 71.1 Å². The van der Waals surface area contributed by atoms with Crippen molar-refractivity contribution in [1.29, 1.82) is 0 Å². The van der Waals surface area contributed by atoms with E-state index >= 15 is 0 Å². The highest BCUT2D eigenvalue weighted by atomic mass is 16.6. The van der Waals surface area contributed by atoms with E-state index in [2.05, 4.69) is 6.92 Å². The lowest BCUT2D eigenvalue weighted by Crippen LogP contribution is -2.18. The molecule has 0 saturated carbocycles. The molecule has 6 heteroatoms. The Morgan fingerprint density at radius 1 is 1.03 bits per heavy atom. The molecule has 1 atom stereocenters. The number of hydrogen-bond donors (Lipinski definition) is 0. The van der Waals surface area contributed by atoms with Crippen LogP contribution < -0.4 is 9.47 Å². The van der Waals surface area contributed by atoms with E-state index in [1.807, 2.05) is 0 Å². The number of carbonyl (C=O) groups excluding carboxylic acids is 2. The van der Waals surface area contributed by atoms with Crippen LogP contribution in [0.1, 0.15) is 53.3 Å². The fourth-order valence-corrected chi connectivity index (χ4v) is 2.93. The van der Waals surface area contributed by atoms with Crippen LogP contribution in [-0.4, -0.2) is 37.9 Å². The number of carbonyl (C=O) groups is 2. The molecule has 1 unspecified atom stereocenters. The summed E-state index contributed by atoms with van der Waals surface area (Å²) < 4.78 is 21.8.